The van der Waals surface area contributed by atoms with Gasteiger partial charge in [0.1, 0.15) is 5.82 Å². The fraction of sp³-hybridized carbons (Fsp3) is 0.333. The molecule has 2 aromatic carbocycles. The normalized spacial score (nSPS) is 16.7. The third-order valence-corrected chi connectivity index (χ3v) is 5.77. The SMILES string of the molecule is CN=C(NCc1nc2ccccc2n1C)NC1CCN(c2ccc(Br)cc2)C1.I. The Labute approximate surface area is 196 Å². The maximum Gasteiger partial charge on any atom is 0.191 e. The summed E-state index contributed by atoms with van der Waals surface area (Å²) in [7, 11) is 3.86. The summed E-state index contributed by atoms with van der Waals surface area (Å²) in [6.07, 6.45) is 1.09. The zero-order valence-corrected chi connectivity index (χ0v) is 20.5. The molecule has 29 heavy (non-hydrogen) atoms. The summed E-state index contributed by atoms with van der Waals surface area (Å²) in [4.78, 5) is 11.5. The van der Waals surface area contributed by atoms with E-state index in [-0.39, 0.29) is 24.0 Å². The van der Waals surface area contributed by atoms with Crippen LogP contribution in [0.4, 0.5) is 5.69 Å². The number of hydrogen-bond donors (Lipinski definition) is 2. The topological polar surface area (TPSA) is 57.5 Å². The van der Waals surface area contributed by atoms with Crippen LogP contribution in [0, 0.1) is 0 Å². The number of benzene rings is 2. The van der Waals surface area contributed by atoms with Crippen molar-refractivity contribution in [2.45, 2.75) is 19.0 Å². The van der Waals surface area contributed by atoms with Gasteiger partial charge >= 0.3 is 0 Å². The number of fused-ring (bicyclic) bond motifs is 1. The van der Waals surface area contributed by atoms with Gasteiger partial charge < -0.3 is 20.1 Å². The van der Waals surface area contributed by atoms with Gasteiger partial charge in [0.25, 0.3) is 0 Å². The number of aryl methyl sites for hydroxylation is 1. The summed E-state index contributed by atoms with van der Waals surface area (Å²) >= 11 is 3.50. The van der Waals surface area contributed by atoms with Crippen molar-refractivity contribution in [3.63, 3.8) is 0 Å². The van der Waals surface area contributed by atoms with Crippen LogP contribution in [0.2, 0.25) is 0 Å². The van der Waals surface area contributed by atoms with E-state index in [1.54, 1.807) is 0 Å². The molecule has 4 rings (SSSR count). The number of imidazole rings is 1. The lowest BCUT2D eigenvalue weighted by Crippen LogP contribution is -2.44. The first kappa shape index (κ1) is 21.9. The zero-order chi connectivity index (χ0) is 19.5. The van der Waals surface area contributed by atoms with E-state index in [1.165, 1.54) is 5.69 Å². The fourth-order valence-corrected chi connectivity index (χ4v) is 3.93. The van der Waals surface area contributed by atoms with Crippen LogP contribution in [0.15, 0.2) is 58.0 Å². The van der Waals surface area contributed by atoms with Crippen LogP contribution in [-0.2, 0) is 13.6 Å². The molecule has 8 heteroatoms. The minimum absolute atomic E-state index is 0. The highest BCUT2D eigenvalue weighted by atomic mass is 127. The number of anilines is 1. The molecule has 0 amide bonds. The predicted molar refractivity (Wildman–Crippen MR) is 134 cm³/mol. The molecule has 1 unspecified atom stereocenters. The molecule has 3 aromatic rings. The van der Waals surface area contributed by atoms with Crippen LogP contribution in [0.3, 0.4) is 0 Å². The standard InChI is InChI=1S/C21H25BrN6.HI/c1-23-21(24-13-20-26-18-5-3-4-6-19(18)27(20)2)25-16-11-12-28(14-16)17-9-7-15(22)8-10-17;/h3-10,16H,11-14H2,1-2H3,(H2,23,24,25);1H. The van der Waals surface area contributed by atoms with E-state index in [0.29, 0.717) is 12.6 Å². The van der Waals surface area contributed by atoms with E-state index < -0.39 is 0 Å². The molecule has 1 atom stereocenters. The van der Waals surface area contributed by atoms with Gasteiger partial charge in [-0.1, -0.05) is 28.1 Å². The number of hydrogen-bond acceptors (Lipinski definition) is 3. The lowest BCUT2D eigenvalue weighted by molar-refractivity contribution is 0.642. The number of halogens is 2. The summed E-state index contributed by atoms with van der Waals surface area (Å²) in [5, 5.41) is 6.96. The third-order valence-electron chi connectivity index (χ3n) is 5.24. The van der Waals surface area contributed by atoms with Crippen LogP contribution >= 0.6 is 39.9 Å². The quantitative estimate of drug-likeness (QED) is 0.285. The number of nitrogens with zero attached hydrogens (tertiary/aromatic N) is 4. The van der Waals surface area contributed by atoms with Gasteiger partial charge in [0.15, 0.2) is 5.96 Å². The first-order chi connectivity index (χ1) is 13.6. The second kappa shape index (κ2) is 9.80. The van der Waals surface area contributed by atoms with Gasteiger partial charge in [0.05, 0.1) is 17.6 Å². The molecule has 154 valence electrons. The van der Waals surface area contributed by atoms with Gasteiger partial charge in [-0.05, 0) is 42.8 Å². The molecule has 0 bridgehead atoms. The highest BCUT2D eigenvalue weighted by Crippen LogP contribution is 2.22. The Kier molecular flexibility index (Phi) is 7.39. The van der Waals surface area contributed by atoms with E-state index in [0.717, 1.165) is 46.8 Å². The molecule has 1 aliphatic rings. The van der Waals surface area contributed by atoms with Crippen LogP contribution in [0.5, 0.6) is 0 Å². The molecule has 2 N–H and O–H groups in total. The molecular formula is C21H26BrIN6. The predicted octanol–water partition coefficient (Wildman–Crippen LogP) is 3.90. The van der Waals surface area contributed by atoms with Gasteiger partial charge in [-0.25, -0.2) is 4.98 Å². The minimum atomic E-state index is 0. The van der Waals surface area contributed by atoms with Crippen LogP contribution < -0.4 is 15.5 Å². The second-order valence-electron chi connectivity index (χ2n) is 7.05. The summed E-state index contributed by atoms with van der Waals surface area (Å²) in [5.41, 5.74) is 3.42. The molecule has 0 spiro atoms. The van der Waals surface area contributed by atoms with E-state index >= 15 is 0 Å². The molecule has 0 aliphatic carbocycles. The summed E-state index contributed by atoms with van der Waals surface area (Å²) in [5.74, 6) is 1.81. The van der Waals surface area contributed by atoms with E-state index in [2.05, 4.69) is 78.4 Å². The highest BCUT2D eigenvalue weighted by Gasteiger charge is 2.23. The van der Waals surface area contributed by atoms with Crippen molar-refractivity contribution >= 4 is 62.6 Å². The maximum atomic E-state index is 4.71. The van der Waals surface area contributed by atoms with Gasteiger partial charge in [0.2, 0.25) is 0 Å². The van der Waals surface area contributed by atoms with Gasteiger partial charge in [-0.15, -0.1) is 24.0 Å². The summed E-state index contributed by atoms with van der Waals surface area (Å²) in [6.45, 7) is 2.64. The Morgan fingerprint density at radius 2 is 1.97 bits per heavy atom. The van der Waals surface area contributed by atoms with Crippen LogP contribution in [0.1, 0.15) is 12.2 Å². The van der Waals surface area contributed by atoms with Gasteiger partial charge in [0, 0.05) is 43.4 Å². The molecule has 1 aromatic heterocycles. The number of rotatable bonds is 4. The van der Waals surface area contributed by atoms with Crippen molar-refractivity contribution in [2.75, 3.05) is 25.0 Å². The highest BCUT2D eigenvalue weighted by molar-refractivity contribution is 14.0. The first-order valence-electron chi connectivity index (χ1n) is 9.52. The summed E-state index contributed by atoms with van der Waals surface area (Å²) < 4.78 is 3.23. The van der Waals surface area contributed by atoms with E-state index in [4.69, 9.17) is 4.98 Å². The molecule has 1 aliphatic heterocycles. The molecule has 1 fully saturated rings. The molecule has 0 saturated carbocycles. The van der Waals surface area contributed by atoms with Gasteiger partial charge in [-0.2, -0.15) is 0 Å². The third kappa shape index (κ3) is 5.03. The molecule has 0 radical (unpaired) electrons. The first-order valence-corrected chi connectivity index (χ1v) is 10.3. The average Bonchev–Trinajstić information content (AvgIpc) is 3.31. The maximum absolute atomic E-state index is 4.71. The lowest BCUT2D eigenvalue weighted by atomic mass is 10.3. The molecule has 2 heterocycles. The number of nitrogens with one attached hydrogen (secondary N) is 2. The van der Waals surface area contributed by atoms with Crippen molar-refractivity contribution in [3.8, 4) is 0 Å². The number of guanidine groups is 1. The lowest BCUT2D eigenvalue weighted by Gasteiger charge is -2.20. The fourth-order valence-electron chi connectivity index (χ4n) is 3.67. The number of aliphatic imine (C=N–C) groups is 1. The van der Waals surface area contributed by atoms with E-state index in [1.807, 2.05) is 25.2 Å². The average molecular weight is 569 g/mol. The smallest absolute Gasteiger partial charge is 0.191 e. The van der Waals surface area contributed by atoms with Crippen molar-refractivity contribution < 1.29 is 0 Å². The number of aromatic nitrogens is 2. The van der Waals surface area contributed by atoms with Crippen LogP contribution in [0.25, 0.3) is 11.0 Å². The van der Waals surface area contributed by atoms with Crippen molar-refractivity contribution in [1.82, 2.24) is 20.2 Å². The van der Waals surface area contributed by atoms with Crippen molar-refractivity contribution in [2.24, 2.45) is 12.0 Å². The Morgan fingerprint density at radius 1 is 1.21 bits per heavy atom. The second-order valence-corrected chi connectivity index (χ2v) is 7.97. The Balaban J connectivity index is 0.00000240. The molecule has 6 nitrogen and oxygen atoms in total. The largest absolute Gasteiger partial charge is 0.369 e. The summed E-state index contributed by atoms with van der Waals surface area (Å²) in [6, 6.07) is 17.1. The van der Waals surface area contributed by atoms with E-state index in [9.17, 15) is 0 Å². The molecule has 1 saturated heterocycles. The Bertz CT molecular complexity index is 985. The zero-order valence-electron chi connectivity index (χ0n) is 16.6. The molecular weight excluding hydrogens is 543 g/mol. The number of para-hydroxylation sites is 2. The Morgan fingerprint density at radius 3 is 2.69 bits per heavy atom. The van der Waals surface area contributed by atoms with Crippen LogP contribution in [-0.4, -0.2) is 41.7 Å². The Hall–Kier alpha value is -1.81. The van der Waals surface area contributed by atoms with Crippen molar-refractivity contribution in [1.29, 1.82) is 0 Å². The monoisotopic (exact) mass is 568 g/mol. The van der Waals surface area contributed by atoms with Gasteiger partial charge in [-0.3, -0.25) is 4.99 Å². The minimum Gasteiger partial charge on any atom is -0.369 e. The van der Waals surface area contributed by atoms with Crippen molar-refractivity contribution in [3.05, 3.63) is 58.8 Å².